The Morgan fingerprint density at radius 3 is 3.17 bits per heavy atom. The third kappa shape index (κ3) is 1.25. The number of hydrogen-bond donors (Lipinski definition) is 0. The summed E-state index contributed by atoms with van der Waals surface area (Å²) in [5, 5.41) is 0. The fraction of sp³-hybridized carbons (Fsp3) is 0.333. The van der Waals surface area contributed by atoms with Crippen LogP contribution in [0.15, 0.2) is 12.3 Å². The standard InChI is InChI=1S/C9H9NOS/c1-6(11)7-2-8-4-12-5-9(8)10-3-7/h2-3H,4-5H2,1H3. The number of Topliss-reactive ketones (excluding diaryl/α,β-unsaturated/α-hetero) is 1. The fourth-order valence-corrected chi connectivity index (χ4v) is 2.27. The molecule has 2 heterocycles. The van der Waals surface area contributed by atoms with Gasteiger partial charge < -0.3 is 0 Å². The molecule has 62 valence electrons. The van der Waals surface area contributed by atoms with Gasteiger partial charge in [0.05, 0.1) is 5.69 Å². The number of carbonyl (C=O) groups is 1. The summed E-state index contributed by atoms with van der Waals surface area (Å²) >= 11 is 1.85. The maximum atomic E-state index is 11.0. The van der Waals surface area contributed by atoms with Crippen molar-refractivity contribution in [2.75, 3.05) is 0 Å². The SMILES string of the molecule is CC(=O)c1cnc2c(c1)CSC2. The highest BCUT2D eigenvalue weighted by molar-refractivity contribution is 7.98. The maximum absolute atomic E-state index is 11.0. The molecule has 0 saturated heterocycles. The molecule has 0 aliphatic carbocycles. The Kier molecular flexibility index (Phi) is 1.89. The Balaban J connectivity index is 2.45. The van der Waals surface area contributed by atoms with E-state index in [1.807, 2.05) is 17.8 Å². The van der Waals surface area contributed by atoms with Crippen molar-refractivity contribution in [2.24, 2.45) is 0 Å². The number of hydrogen-bond acceptors (Lipinski definition) is 3. The Labute approximate surface area is 75.4 Å². The van der Waals surface area contributed by atoms with Crippen molar-refractivity contribution in [3.63, 3.8) is 0 Å². The summed E-state index contributed by atoms with van der Waals surface area (Å²) in [4.78, 5) is 15.2. The zero-order chi connectivity index (χ0) is 8.55. The van der Waals surface area contributed by atoms with Crippen LogP contribution in [-0.2, 0) is 11.5 Å². The summed E-state index contributed by atoms with van der Waals surface area (Å²) in [6.45, 7) is 1.57. The largest absolute Gasteiger partial charge is 0.294 e. The van der Waals surface area contributed by atoms with Crippen LogP contribution in [0, 0.1) is 0 Å². The first-order valence-corrected chi connectivity index (χ1v) is 4.99. The Morgan fingerprint density at radius 2 is 2.42 bits per heavy atom. The topological polar surface area (TPSA) is 30.0 Å². The smallest absolute Gasteiger partial charge is 0.161 e. The van der Waals surface area contributed by atoms with Crippen molar-refractivity contribution >= 4 is 17.5 Å². The van der Waals surface area contributed by atoms with Crippen LogP contribution in [0.5, 0.6) is 0 Å². The van der Waals surface area contributed by atoms with Crippen LogP contribution in [0.4, 0.5) is 0 Å². The van der Waals surface area contributed by atoms with Crippen LogP contribution in [-0.4, -0.2) is 10.8 Å². The molecule has 2 rings (SSSR count). The molecule has 1 aliphatic heterocycles. The van der Waals surface area contributed by atoms with E-state index in [-0.39, 0.29) is 5.78 Å². The minimum absolute atomic E-state index is 0.0993. The van der Waals surface area contributed by atoms with Gasteiger partial charge in [-0.05, 0) is 18.6 Å². The number of rotatable bonds is 1. The van der Waals surface area contributed by atoms with E-state index in [2.05, 4.69) is 4.98 Å². The zero-order valence-electron chi connectivity index (χ0n) is 6.83. The van der Waals surface area contributed by atoms with Gasteiger partial charge in [-0.15, -0.1) is 0 Å². The van der Waals surface area contributed by atoms with Gasteiger partial charge in [-0.2, -0.15) is 11.8 Å². The maximum Gasteiger partial charge on any atom is 0.161 e. The highest BCUT2D eigenvalue weighted by Gasteiger charge is 2.13. The summed E-state index contributed by atoms with van der Waals surface area (Å²) in [5.41, 5.74) is 3.11. The second-order valence-corrected chi connectivity index (χ2v) is 3.86. The molecule has 1 aromatic heterocycles. The van der Waals surface area contributed by atoms with Crippen LogP contribution in [0.1, 0.15) is 28.5 Å². The van der Waals surface area contributed by atoms with E-state index in [0.717, 1.165) is 22.8 Å². The molecule has 0 spiro atoms. The van der Waals surface area contributed by atoms with Gasteiger partial charge in [0.25, 0.3) is 0 Å². The lowest BCUT2D eigenvalue weighted by Crippen LogP contribution is -1.96. The van der Waals surface area contributed by atoms with Crippen LogP contribution >= 0.6 is 11.8 Å². The van der Waals surface area contributed by atoms with E-state index in [1.165, 1.54) is 5.56 Å². The second kappa shape index (κ2) is 2.90. The number of carbonyl (C=O) groups excluding carboxylic acids is 1. The molecule has 12 heavy (non-hydrogen) atoms. The van der Waals surface area contributed by atoms with Gasteiger partial charge in [0.2, 0.25) is 0 Å². The van der Waals surface area contributed by atoms with E-state index < -0.39 is 0 Å². The van der Waals surface area contributed by atoms with Crippen molar-refractivity contribution in [3.05, 3.63) is 29.1 Å². The van der Waals surface area contributed by atoms with Gasteiger partial charge in [0.15, 0.2) is 5.78 Å². The predicted octanol–water partition coefficient (Wildman–Crippen LogP) is 2.03. The molecule has 3 heteroatoms. The van der Waals surface area contributed by atoms with E-state index in [0.29, 0.717) is 0 Å². The molecular formula is C9H9NOS. The van der Waals surface area contributed by atoms with E-state index >= 15 is 0 Å². The van der Waals surface area contributed by atoms with Crippen molar-refractivity contribution in [1.82, 2.24) is 4.98 Å². The Bertz CT molecular complexity index is 335. The fourth-order valence-electron chi connectivity index (χ4n) is 1.24. The molecule has 1 aliphatic rings. The summed E-state index contributed by atoms with van der Waals surface area (Å²) in [6.07, 6.45) is 1.67. The molecule has 2 nitrogen and oxygen atoms in total. The van der Waals surface area contributed by atoms with Gasteiger partial charge in [0, 0.05) is 23.3 Å². The monoisotopic (exact) mass is 179 g/mol. The number of nitrogens with zero attached hydrogens (tertiary/aromatic N) is 1. The predicted molar refractivity (Wildman–Crippen MR) is 49.2 cm³/mol. The molecule has 0 atom stereocenters. The molecular weight excluding hydrogens is 170 g/mol. The third-order valence-electron chi connectivity index (χ3n) is 1.96. The molecule has 0 fully saturated rings. The lowest BCUT2D eigenvalue weighted by molar-refractivity contribution is 0.101. The van der Waals surface area contributed by atoms with Crippen LogP contribution in [0.25, 0.3) is 0 Å². The lowest BCUT2D eigenvalue weighted by Gasteiger charge is -1.98. The molecule has 0 N–H and O–H groups in total. The number of thioether (sulfide) groups is 1. The zero-order valence-corrected chi connectivity index (χ0v) is 7.65. The average molecular weight is 179 g/mol. The van der Waals surface area contributed by atoms with E-state index in [9.17, 15) is 4.79 Å². The average Bonchev–Trinajstić information content (AvgIpc) is 2.49. The van der Waals surface area contributed by atoms with E-state index in [4.69, 9.17) is 0 Å². The minimum atomic E-state index is 0.0993. The molecule has 0 amide bonds. The summed E-state index contributed by atoms with van der Waals surface area (Å²) in [7, 11) is 0. The lowest BCUT2D eigenvalue weighted by atomic mass is 10.1. The summed E-state index contributed by atoms with van der Waals surface area (Å²) in [5.74, 6) is 2.10. The molecule has 0 aromatic carbocycles. The van der Waals surface area contributed by atoms with Crippen molar-refractivity contribution in [2.45, 2.75) is 18.4 Å². The number of ketones is 1. The Hall–Kier alpha value is -0.830. The number of pyridine rings is 1. The normalized spacial score (nSPS) is 14.4. The first-order valence-electron chi connectivity index (χ1n) is 3.84. The van der Waals surface area contributed by atoms with Crippen molar-refractivity contribution < 1.29 is 4.79 Å². The van der Waals surface area contributed by atoms with Gasteiger partial charge in [0.1, 0.15) is 0 Å². The molecule has 0 bridgehead atoms. The highest BCUT2D eigenvalue weighted by atomic mass is 32.2. The van der Waals surface area contributed by atoms with Crippen molar-refractivity contribution in [1.29, 1.82) is 0 Å². The number of aromatic nitrogens is 1. The molecule has 0 unspecified atom stereocenters. The highest BCUT2D eigenvalue weighted by Crippen LogP contribution is 2.28. The first-order chi connectivity index (χ1) is 5.77. The summed E-state index contributed by atoms with van der Waals surface area (Å²) in [6, 6.07) is 1.96. The van der Waals surface area contributed by atoms with Gasteiger partial charge in [-0.3, -0.25) is 9.78 Å². The molecule has 1 aromatic rings. The third-order valence-corrected chi connectivity index (χ3v) is 2.96. The van der Waals surface area contributed by atoms with Crippen LogP contribution in [0.3, 0.4) is 0 Å². The number of fused-ring (bicyclic) bond motifs is 1. The van der Waals surface area contributed by atoms with E-state index in [1.54, 1.807) is 13.1 Å². The van der Waals surface area contributed by atoms with Crippen molar-refractivity contribution in [3.8, 4) is 0 Å². The van der Waals surface area contributed by atoms with Gasteiger partial charge in [-0.1, -0.05) is 0 Å². The molecule has 0 radical (unpaired) electrons. The summed E-state index contributed by atoms with van der Waals surface area (Å²) < 4.78 is 0. The van der Waals surface area contributed by atoms with Gasteiger partial charge in [-0.25, -0.2) is 0 Å². The second-order valence-electron chi connectivity index (χ2n) is 2.88. The molecule has 0 saturated carbocycles. The minimum Gasteiger partial charge on any atom is -0.294 e. The quantitative estimate of drug-likeness (QED) is 0.618. The van der Waals surface area contributed by atoms with Crippen LogP contribution < -0.4 is 0 Å². The van der Waals surface area contributed by atoms with Crippen LogP contribution in [0.2, 0.25) is 0 Å². The first kappa shape index (κ1) is 7.80. The Morgan fingerprint density at radius 1 is 1.58 bits per heavy atom. The van der Waals surface area contributed by atoms with Gasteiger partial charge >= 0.3 is 0 Å².